The summed E-state index contributed by atoms with van der Waals surface area (Å²) in [5.74, 6) is -0.780. The third-order valence-corrected chi connectivity index (χ3v) is 5.35. The molecule has 7 heteroatoms. The van der Waals surface area contributed by atoms with E-state index in [0.29, 0.717) is 28.1 Å². The van der Waals surface area contributed by atoms with Gasteiger partial charge in [-0.3, -0.25) is 4.79 Å². The Balaban J connectivity index is 1.67. The molecule has 1 N–H and O–H groups in total. The van der Waals surface area contributed by atoms with Gasteiger partial charge in [0.25, 0.3) is 5.91 Å². The standard InChI is InChI=1S/C27H25NO6/c1-17-13-14-23(32-3)21(15-17)28-26(29)24(18-9-5-4-6-10-18)34-27(30)25-20(16-31-2)19-11-7-8-12-22(19)33-25/h4-15,24H,16H2,1-3H3,(H,28,29). The maximum atomic E-state index is 13.3. The summed E-state index contributed by atoms with van der Waals surface area (Å²) in [5.41, 5.74) is 3.04. The number of nitrogens with one attached hydrogen (secondary N) is 1. The molecular weight excluding hydrogens is 434 g/mol. The molecular formula is C27H25NO6. The summed E-state index contributed by atoms with van der Waals surface area (Å²) in [6.45, 7) is 2.06. The lowest BCUT2D eigenvalue weighted by Gasteiger charge is -2.19. The van der Waals surface area contributed by atoms with Gasteiger partial charge in [0.15, 0.2) is 0 Å². The van der Waals surface area contributed by atoms with Gasteiger partial charge in [0.1, 0.15) is 11.3 Å². The number of anilines is 1. The van der Waals surface area contributed by atoms with Gasteiger partial charge in [0, 0.05) is 23.6 Å². The molecule has 4 rings (SSSR count). The van der Waals surface area contributed by atoms with Crippen LogP contribution in [0.3, 0.4) is 0 Å². The van der Waals surface area contributed by atoms with Gasteiger partial charge in [-0.1, -0.05) is 54.6 Å². The van der Waals surface area contributed by atoms with Crippen LogP contribution in [0.4, 0.5) is 5.69 Å². The van der Waals surface area contributed by atoms with Crippen molar-refractivity contribution in [2.24, 2.45) is 0 Å². The largest absolute Gasteiger partial charge is 0.495 e. The summed E-state index contributed by atoms with van der Waals surface area (Å²) in [4.78, 5) is 26.6. The first kappa shape index (κ1) is 23.1. The van der Waals surface area contributed by atoms with Gasteiger partial charge in [-0.2, -0.15) is 0 Å². The third kappa shape index (κ3) is 4.79. The summed E-state index contributed by atoms with van der Waals surface area (Å²) < 4.78 is 22.2. The molecule has 1 unspecified atom stereocenters. The van der Waals surface area contributed by atoms with E-state index in [1.165, 1.54) is 14.2 Å². The lowest BCUT2D eigenvalue weighted by molar-refractivity contribution is -0.125. The molecule has 1 amide bonds. The molecule has 0 aliphatic heterocycles. The molecule has 0 aliphatic rings. The number of rotatable bonds is 8. The SMILES string of the molecule is COCc1c(C(=O)OC(C(=O)Nc2cc(C)ccc2OC)c2ccccc2)oc2ccccc12. The molecule has 0 aliphatic carbocycles. The molecule has 7 nitrogen and oxygen atoms in total. The number of aryl methyl sites for hydroxylation is 1. The number of amides is 1. The van der Waals surface area contributed by atoms with Gasteiger partial charge in [-0.15, -0.1) is 0 Å². The monoisotopic (exact) mass is 459 g/mol. The minimum Gasteiger partial charge on any atom is -0.495 e. The normalized spacial score (nSPS) is 11.7. The second-order valence-corrected chi connectivity index (χ2v) is 7.73. The highest BCUT2D eigenvalue weighted by Crippen LogP contribution is 2.31. The lowest BCUT2D eigenvalue weighted by Crippen LogP contribution is -2.26. The number of para-hydroxylation sites is 1. The van der Waals surface area contributed by atoms with Gasteiger partial charge in [0.05, 0.1) is 19.4 Å². The summed E-state index contributed by atoms with van der Waals surface area (Å²) in [7, 11) is 3.06. The van der Waals surface area contributed by atoms with Crippen LogP contribution in [0.25, 0.3) is 11.0 Å². The maximum absolute atomic E-state index is 13.3. The Kier molecular flexibility index (Phi) is 6.94. The number of carbonyl (C=O) groups excluding carboxylic acids is 2. The molecule has 1 atom stereocenters. The number of benzene rings is 3. The van der Waals surface area contributed by atoms with E-state index in [1.54, 1.807) is 42.5 Å². The highest BCUT2D eigenvalue weighted by atomic mass is 16.6. The number of hydrogen-bond acceptors (Lipinski definition) is 6. The van der Waals surface area contributed by atoms with Crippen LogP contribution in [0.1, 0.15) is 33.3 Å². The van der Waals surface area contributed by atoms with Crippen LogP contribution in [0.2, 0.25) is 0 Å². The molecule has 0 saturated carbocycles. The van der Waals surface area contributed by atoms with E-state index in [2.05, 4.69) is 5.32 Å². The molecule has 174 valence electrons. The summed E-state index contributed by atoms with van der Waals surface area (Å²) in [6, 6.07) is 21.5. The molecule has 34 heavy (non-hydrogen) atoms. The van der Waals surface area contributed by atoms with E-state index in [0.717, 1.165) is 10.9 Å². The first-order valence-corrected chi connectivity index (χ1v) is 10.7. The molecule has 3 aromatic carbocycles. The third-order valence-electron chi connectivity index (χ3n) is 5.35. The fourth-order valence-electron chi connectivity index (χ4n) is 3.73. The van der Waals surface area contributed by atoms with Crippen molar-refractivity contribution in [2.75, 3.05) is 19.5 Å². The minimum absolute atomic E-state index is 0.00455. The lowest BCUT2D eigenvalue weighted by atomic mass is 10.1. The number of furan rings is 1. The summed E-state index contributed by atoms with van der Waals surface area (Å²) >= 11 is 0. The average molecular weight is 459 g/mol. The fourth-order valence-corrected chi connectivity index (χ4v) is 3.73. The molecule has 4 aromatic rings. The maximum Gasteiger partial charge on any atom is 0.375 e. The van der Waals surface area contributed by atoms with Crippen molar-refractivity contribution in [1.29, 1.82) is 0 Å². The Hall–Kier alpha value is -4.10. The molecule has 0 bridgehead atoms. The van der Waals surface area contributed by atoms with Gasteiger partial charge in [-0.25, -0.2) is 4.79 Å². The highest BCUT2D eigenvalue weighted by Gasteiger charge is 2.30. The first-order chi connectivity index (χ1) is 16.5. The number of carbonyl (C=O) groups is 2. The van der Waals surface area contributed by atoms with Gasteiger partial charge in [0.2, 0.25) is 11.9 Å². The predicted octanol–water partition coefficient (Wildman–Crippen LogP) is 5.43. The number of ether oxygens (including phenoxy) is 3. The van der Waals surface area contributed by atoms with Gasteiger partial charge < -0.3 is 23.9 Å². The number of hydrogen-bond donors (Lipinski definition) is 1. The van der Waals surface area contributed by atoms with E-state index in [-0.39, 0.29) is 12.4 Å². The second kappa shape index (κ2) is 10.2. The van der Waals surface area contributed by atoms with E-state index < -0.39 is 18.0 Å². The van der Waals surface area contributed by atoms with Gasteiger partial charge >= 0.3 is 5.97 Å². The van der Waals surface area contributed by atoms with E-state index in [1.807, 2.05) is 37.3 Å². The van der Waals surface area contributed by atoms with Crippen molar-refractivity contribution in [3.8, 4) is 5.75 Å². The summed E-state index contributed by atoms with van der Waals surface area (Å²) in [5, 5.41) is 3.58. The Bertz CT molecular complexity index is 1310. The van der Waals surface area contributed by atoms with Crippen LogP contribution in [-0.4, -0.2) is 26.1 Å². The van der Waals surface area contributed by atoms with E-state index >= 15 is 0 Å². The van der Waals surface area contributed by atoms with Crippen LogP contribution in [0.5, 0.6) is 5.75 Å². The van der Waals surface area contributed by atoms with Crippen molar-refractivity contribution in [2.45, 2.75) is 19.6 Å². The quantitative estimate of drug-likeness (QED) is 0.354. The Morgan fingerprint density at radius 2 is 1.71 bits per heavy atom. The first-order valence-electron chi connectivity index (χ1n) is 10.7. The van der Waals surface area contributed by atoms with Crippen molar-refractivity contribution in [3.05, 3.63) is 95.2 Å². The highest BCUT2D eigenvalue weighted by molar-refractivity contribution is 6.00. The van der Waals surface area contributed by atoms with Crippen LogP contribution in [-0.2, 0) is 20.9 Å². The van der Waals surface area contributed by atoms with Crippen LogP contribution in [0, 0.1) is 6.92 Å². The zero-order chi connectivity index (χ0) is 24.1. The van der Waals surface area contributed by atoms with Crippen molar-refractivity contribution in [3.63, 3.8) is 0 Å². The Labute approximate surface area is 197 Å². The summed E-state index contributed by atoms with van der Waals surface area (Å²) in [6.07, 6.45) is -1.22. The fraction of sp³-hybridized carbons (Fsp3) is 0.185. The molecule has 1 aromatic heterocycles. The van der Waals surface area contributed by atoms with E-state index in [4.69, 9.17) is 18.6 Å². The topological polar surface area (TPSA) is 87.0 Å². The van der Waals surface area contributed by atoms with Crippen LogP contribution in [0.15, 0.2) is 77.2 Å². The van der Waals surface area contributed by atoms with Crippen molar-refractivity contribution in [1.82, 2.24) is 0 Å². The molecule has 0 radical (unpaired) electrons. The Morgan fingerprint density at radius 1 is 0.971 bits per heavy atom. The minimum atomic E-state index is -1.22. The number of fused-ring (bicyclic) bond motifs is 1. The zero-order valence-electron chi connectivity index (χ0n) is 19.2. The van der Waals surface area contributed by atoms with E-state index in [9.17, 15) is 9.59 Å². The Morgan fingerprint density at radius 3 is 2.44 bits per heavy atom. The number of methoxy groups -OCH3 is 2. The molecule has 1 heterocycles. The van der Waals surface area contributed by atoms with Crippen LogP contribution < -0.4 is 10.1 Å². The van der Waals surface area contributed by atoms with Gasteiger partial charge in [-0.05, 0) is 30.7 Å². The zero-order valence-corrected chi connectivity index (χ0v) is 19.2. The average Bonchev–Trinajstić information content (AvgIpc) is 3.22. The molecule has 0 fully saturated rings. The second-order valence-electron chi connectivity index (χ2n) is 7.73. The van der Waals surface area contributed by atoms with Crippen molar-refractivity contribution < 1.29 is 28.2 Å². The van der Waals surface area contributed by atoms with Crippen molar-refractivity contribution >= 4 is 28.5 Å². The predicted molar refractivity (Wildman–Crippen MR) is 128 cm³/mol. The number of esters is 1. The smallest absolute Gasteiger partial charge is 0.375 e. The van der Waals surface area contributed by atoms with Crippen LogP contribution >= 0.6 is 0 Å². The molecule has 0 saturated heterocycles. The molecule has 0 spiro atoms.